The lowest BCUT2D eigenvalue weighted by molar-refractivity contribution is -0.144. The van der Waals surface area contributed by atoms with Crippen molar-refractivity contribution in [3.8, 4) is 0 Å². The van der Waals surface area contributed by atoms with Gasteiger partial charge in [0.2, 0.25) is 5.91 Å². The van der Waals surface area contributed by atoms with Gasteiger partial charge in [-0.05, 0) is 13.8 Å². The topological polar surface area (TPSA) is 64.8 Å². The zero-order valence-corrected chi connectivity index (χ0v) is 10.1. The van der Waals surface area contributed by atoms with E-state index in [-0.39, 0.29) is 18.1 Å². The third-order valence-corrected chi connectivity index (χ3v) is 2.75. The minimum atomic E-state index is -0.0211. The number of carbonyl (C=O) groups excluding carboxylic acids is 1. The monoisotopic (exact) mass is 230 g/mol. The van der Waals surface area contributed by atoms with Crippen molar-refractivity contribution in [2.45, 2.75) is 32.4 Å². The molecule has 2 N–H and O–H groups in total. The van der Waals surface area contributed by atoms with E-state index in [9.17, 15) is 4.79 Å². The first-order chi connectivity index (χ1) is 7.69. The highest BCUT2D eigenvalue weighted by molar-refractivity contribution is 5.76. The Kier molecular flexibility index (Phi) is 5.73. The fourth-order valence-corrected chi connectivity index (χ4v) is 1.75. The van der Waals surface area contributed by atoms with Gasteiger partial charge >= 0.3 is 0 Å². The van der Waals surface area contributed by atoms with Crippen LogP contribution in [0.3, 0.4) is 0 Å². The maximum atomic E-state index is 11.9. The molecule has 1 saturated heterocycles. The van der Waals surface area contributed by atoms with Gasteiger partial charge in [0.05, 0.1) is 31.8 Å². The number of rotatable bonds is 5. The van der Waals surface area contributed by atoms with E-state index in [1.165, 1.54) is 0 Å². The largest absolute Gasteiger partial charge is 0.381 e. The molecule has 16 heavy (non-hydrogen) atoms. The summed E-state index contributed by atoms with van der Waals surface area (Å²) in [5.74, 6) is 0.128. The van der Waals surface area contributed by atoms with Gasteiger partial charge in [-0.25, -0.2) is 0 Å². The molecule has 0 saturated carbocycles. The van der Waals surface area contributed by atoms with Crippen LogP contribution in [0.5, 0.6) is 0 Å². The number of nitrogens with zero attached hydrogens (tertiary/aromatic N) is 1. The van der Waals surface area contributed by atoms with Gasteiger partial charge in [0, 0.05) is 19.7 Å². The average molecular weight is 230 g/mol. The third kappa shape index (κ3) is 3.73. The van der Waals surface area contributed by atoms with Crippen molar-refractivity contribution in [3.63, 3.8) is 0 Å². The first kappa shape index (κ1) is 13.4. The molecular formula is C11H22N2O3. The van der Waals surface area contributed by atoms with Gasteiger partial charge in [0.1, 0.15) is 0 Å². The van der Waals surface area contributed by atoms with Crippen molar-refractivity contribution in [1.82, 2.24) is 4.90 Å². The van der Waals surface area contributed by atoms with Gasteiger partial charge in [-0.2, -0.15) is 0 Å². The number of hydrogen-bond acceptors (Lipinski definition) is 4. The first-order valence-electron chi connectivity index (χ1n) is 5.87. The molecule has 1 rings (SSSR count). The summed E-state index contributed by atoms with van der Waals surface area (Å²) in [5, 5.41) is 0. The standard InChI is InChI=1S/C11H22N2O3/c1-3-15-5-4-11(14)13-7-10(6-12)16-8-9(13)2/h9-10H,3-8,12H2,1-2H3. The zero-order chi connectivity index (χ0) is 12.0. The lowest BCUT2D eigenvalue weighted by atomic mass is 10.2. The van der Waals surface area contributed by atoms with Crippen LogP contribution in [0.2, 0.25) is 0 Å². The van der Waals surface area contributed by atoms with Crippen LogP contribution in [0.25, 0.3) is 0 Å². The van der Waals surface area contributed by atoms with Crippen LogP contribution >= 0.6 is 0 Å². The molecule has 1 fully saturated rings. The number of carbonyl (C=O) groups is 1. The second-order valence-electron chi connectivity index (χ2n) is 4.03. The van der Waals surface area contributed by atoms with Crippen LogP contribution in [0.1, 0.15) is 20.3 Å². The summed E-state index contributed by atoms with van der Waals surface area (Å²) in [6.07, 6.45) is 0.419. The highest BCUT2D eigenvalue weighted by Crippen LogP contribution is 2.12. The smallest absolute Gasteiger partial charge is 0.225 e. The number of morpholine rings is 1. The van der Waals surface area contributed by atoms with Crippen LogP contribution in [0, 0.1) is 0 Å². The van der Waals surface area contributed by atoms with E-state index in [0.29, 0.717) is 39.3 Å². The number of ether oxygens (including phenoxy) is 2. The number of amides is 1. The van der Waals surface area contributed by atoms with E-state index in [0.717, 1.165) is 0 Å². The summed E-state index contributed by atoms with van der Waals surface area (Å²) in [7, 11) is 0. The number of nitrogens with two attached hydrogens (primary N) is 1. The Hall–Kier alpha value is -0.650. The van der Waals surface area contributed by atoms with Crippen LogP contribution in [-0.4, -0.2) is 55.9 Å². The molecule has 1 aliphatic rings. The molecule has 1 heterocycles. The van der Waals surface area contributed by atoms with Crippen molar-refractivity contribution in [2.24, 2.45) is 5.73 Å². The summed E-state index contributed by atoms with van der Waals surface area (Å²) in [6, 6.07) is 0.136. The highest BCUT2D eigenvalue weighted by Gasteiger charge is 2.28. The van der Waals surface area contributed by atoms with E-state index < -0.39 is 0 Å². The van der Waals surface area contributed by atoms with Gasteiger partial charge in [-0.15, -0.1) is 0 Å². The van der Waals surface area contributed by atoms with Crippen molar-refractivity contribution in [3.05, 3.63) is 0 Å². The van der Waals surface area contributed by atoms with E-state index in [1.54, 1.807) is 0 Å². The molecule has 0 bridgehead atoms. The Balaban J connectivity index is 2.39. The van der Waals surface area contributed by atoms with Gasteiger partial charge in [0.15, 0.2) is 0 Å². The lowest BCUT2D eigenvalue weighted by Gasteiger charge is -2.37. The predicted octanol–water partition coefficient (Wildman–Crippen LogP) is -0.0124. The van der Waals surface area contributed by atoms with Crippen molar-refractivity contribution >= 4 is 5.91 Å². The van der Waals surface area contributed by atoms with E-state index in [1.807, 2.05) is 18.7 Å². The zero-order valence-electron chi connectivity index (χ0n) is 10.1. The van der Waals surface area contributed by atoms with Gasteiger partial charge in [-0.1, -0.05) is 0 Å². The predicted molar refractivity (Wildman–Crippen MR) is 61.1 cm³/mol. The van der Waals surface area contributed by atoms with Crippen molar-refractivity contribution in [1.29, 1.82) is 0 Å². The molecule has 0 spiro atoms. The quantitative estimate of drug-likeness (QED) is 0.675. The fraction of sp³-hybridized carbons (Fsp3) is 0.909. The van der Waals surface area contributed by atoms with Crippen molar-refractivity contribution in [2.75, 3.05) is 32.9 Å². The van der Waals surface area contributed by atoms with E-state index >= 15 is 0 Å². The maximum Gasteiger partial charge on any atom is 0.225 e. The van der Waals surface area contributed by atoms with Gasteiger partial charge in [-0.3, -0.25) is 4.79 Å². The van der Waals surface area contributed by atoms with Gasteiger partial charge < -0.3 is 20.1 Å². The van der Waals surface area contributed by atoms with E-state index in [4.69, 9.17) is 15.2 Å². The molecule has 2 atom stereocenters. The molecule has 0 aromatic carbocycles. The Bertz CT molecular complexity index is 223. The fourth-order valence-electron chi connectivity index (χ4n) is 1.75. The molecule has 1 aliphatic heterocycles. The van der Waals surface area contributed by atoms with Crippen LogP contribution in [0.15, 0.2) is 0 Å². The summed E-state index contributed by atoms with van der Waals surface area (Å²) >= 11 is 0. The molecule has 1 amide bonds. The molecule has 0 aromatic heterocycles. The minimum absolute atomic E-state index is 0.0211. The molecule has 0 aliphatic carbocycles. The Morgan fingerprint density at radius 3 is 3.00 bits per heavy atom. The summed E-state index contributed by atoms with van der Waals surface area (Å²) < 4.78 is 10.7. The average Bonchev–Trinajstić information content (AvgIpc) is 2.30. The van der Waals surface area contributed by atoms with Crippen LogP contribution in [0.4, 0.5) is 0 Å². The minimum Gasteiger partial charge on any atom is -0.381 e. The molecule has 5 heteroatoms. The van der Waals surface area contributed by atoms with Crippen LogP contribution in [-0.2, 0) is 14.3 Å². The van der Waals surface area contributed by atoms with E-state index in [2.05, 4.69) is 0 Å². The molecule has 2 unspecified atom stereocenters. The lowest BCUT2D eigenvalue weighted by Crippen LogP contribution is -2.53. The van der Waals surface area contributed by atoms with Crippen LogP contribution < -0.4 is 5.73 Å². The molecule has 0 aromatic rings. The second-order valence-corrected chi connectivity index (χ2v) is 4.03. The molecular weight excluding hydrogens is 208 g/mol. The third-order valence-electron chi connectivity index (χ3n) is 2.75. The maximum absolute atomic E-state index is 11.9. The Labute approximate surface area is 96.9 Å². The molecule has 94 valence electrons. The SMILES string of the molecule is CCOCCC(=O)N1CC(CN)OCC1C. The Morgan fingerprint density at radius 1 is 1.62 bits per heavy atom. The number of hydrogen-bond donors (Lipinski definition) is 1. The normalized spacial score (nSPS) is 25.8. The highest BCUT2D eigenvalue weighted by atomic mass is 16.5. The summed E-state index contributed by atoms with van der Waals surface area (Å²) in [4.78, 5) is 13.7. The summed E-state index contributed by atoms with van der Waals surface area (Å²) in [5.41, 5.74) is 5.55. The first-order valence-corrected chi connectivity index (χ1v) is 5.87. The molecule has 5 nitrogen and oxygen atoms in total. The second kappa shape index (κ2) is 6.83. The van der Waals surface area contributed by atoms with Crippen molar-refractivity contribution < 1.29 is 14.3 Å². The Morgan fingerprint density at radius 2 is 2.38 bits per heavy atom. The summed E-state index contributed by atoms with van der Waals surface area (Å²) in [6.45, 7) is 6.69. The van der Waals surface area contributed by atoms with Gasteiger partial charge in [0.25, 0.3) is 0 Å². The molecule has 0 radical (unpaired) electrons.